The largest absolute Gasteiger partial charge is 0.374 e. The van der Waals surface area contributed by atoms with Gasteiger partial charge >= 0.3 is 0 Å². The van der Waals surface area contributed by atoms with Gasteiger partial charge in [-0.25, -0.2) is 0 Å². The SMILES string of the molecule is CCN1CCOC(CNCC(C)CCl)C1. The molecule has 1 N–H and O–H groups in total. The first-order chi connectivity index (χ1) is 7.26. The highest BCUT2D eigenvalue weighted by Crippen LogP contribution is 2.04. The van der Waals surface area contributed by atoms with Gasteiger partial charge in [0.1, 0.15) is 0 Å². The van der Waals surface area contributed by atoms with Crippen LogP contribution in [0.2, 0.25) is 0 Å². The highest BCUT2D eigenvalue weighted by atomic mass is 35.5. The van der Waals surface area contributed by atoms with Gasteiger partial charge in [0.2, 0.25) is 0 Å². The lowest BCUT2D eigenvalue weighted by atomic mass is 10.2. The minimum Gasteiger partial charge on any atom is -0.374 e. The summed E-state index contributed by atoms with van der Waals surface area (Å²) in [5.74, 6) is 1.26. The molecule has 0 bridgehead atoms. The molecule has 0 aromatic carbocycles. The highest BCUT2D eigenvalue weighted by molar-refractivity contribution is 6.18. The van der Waals surface area contributed by atoms with E-state index in [1.807, 2.05) is 0 Å². The number of hydrogen-bond acceptors (Lipinski definition) is 3. The molecule has 0 aromatic heterocycles. The molecule has 15 heavy (non-hydrogen) atoms. The molecule has 90 valence electrons. The fourth-order valence-corrected chi connectivity index (χ4v) is 1.85. The monoisotopic (exact) mass is 234 g/mol. The van der Waals surface area contributed by atoms with Crippen LogP contribution < -0.4 is 5.32 Å². The number of ether oxygens (including phenoxy) is 1. The fourth-order valence-electron chi connectivity index (χ4n) is 1.74. The maximum Gasteiger partial charge on any atom is 0.0826 e. The number of nitrogens with zero attached hydrogens (tertiary/aromatic N) is 1. The molecule has 1 rings (SSSR count). The second kappa shape index (κ2) is 7.44. The van der Waals surface area contributed by atoms with Crippen LogP contribution in [0, 0.1) is 5.92 Å². The third-order valence-electron chi connectivity index (χ3n) is 2.80. The van der Waals surface area contributed by atoms with Crippen molar-refractivity contribution in [1.29, 1.82) is 0 Å². The summed E-state index contributed by atoms with van der Waals surface area (Å²) in [5, 5.41) is 3.41. The van der Waals surface area contributed by atoms with E-state index >= 15 is 0 Å². The number of morpholine rings is 1. The van der Waals surface area contributed by atoms with Crippen molar-refractivity contribution in [2.75, 3.05) is 45.2 Å². The second-order valence-corrected chi connectivity index (χ2v) is 4.61. The number of halogens is 1. The maximum atomic E-state index is 5.74. The molecule has 0 aromatic rings. The van der Waals surface area contributed by atoms with Crippen LogP contribution in [0.15, 0.2) is 0 Å². The van der Waals surface area contributed by atoms with Crippen molar-refractivity contribution in [2.45, 2.75) is 20.0 Å². The molecule has 1 aliphatic rings. The summed E-state index contributed by atoms with van der Waals surface area (Å²) in [6, 6.07) is 0. The lowest BCUT2D eigenvalue weighted by Crippen LogP contribution is -2.46. The average molecular weight is 235 g/mol. The molecule has 0 spiro atoms. The van der Waals surface area contributed by atoms with E-state index in [4.69, 9.17) is 16.3 Å². The summed E-state index contributed by atoms with van der Waals surface area (Å²) in [5.41, 5.74) is 0. The van der Waals surface area contributed by atoms with Gasteiger partial charge in [-0.2, -0.15) is 0 Å². The van der Waals surface area contributed by atoms with Gasteiger partial charge in [0, 0.05) is 25.5 Å². The zero-order valence-electron chi connectivity index (χ0n) is 9.84. The Labute approximate surface area is 98.1 Å². The summed E-state index contributed by atoms with van der Waals surface area (Å²) in [4.78, 5) is 2.43. The van der Waals surface area contributed by atoms with Crippen molar-refractivity contribution < 1.29 is 4.74 Å². The fraction of sp³-hybridized carbons (Fsp3) is 1.00. The van der Waals surface area contributed by atoms with Crippen LogP contribution in [0.25, 0.3) is 0 Å². The summed E-state index contributed by atoms with van der Waals surface area (Å²) in [6.45, 7) is 10.4. The van der Waals surface area contributed by atoms with E-state index in [9.17, 15) is 0 Å². The Hall–Kier alpha value is 0.170. The molecule has 1 heterocycles. The van der Waals surface area contributed by atoms with Crippen molar-refractivity contribution >= 4 is 11.6 Å². The number of nitrogens with one attached hydrogen (secondary N) is 1. The number of alkyl halides is 1. The molecule has 1 aliphatic heterocycles. The first-order valence-electron chi connectivity index (χ1n) is 5.86. The molecule has 2 unspecified atom stereocenters. The van der Waals surface area contributed by atoms with Gasteiger partial charge in [0.25, 0.3) is 0 Å². The Morgan fingerprint density at radius 3 is 3.07 bits per heavy atom. The number of likely N-dealkylation sites (N-methyl/N-ethyl adjacent to an activating group) is 1. The van der Waals surface area contributed by atoms with Gasteiger partial charge < -0.3 is 10.1 Å². The molecule has 1 saturated heterocycles. The molecule has 0 amide bonds. The first kappa shape index (κ1) is 13.2. The van der Waals surface area contributed by atoms with Gasteiger partial charge in [0.15, 0.2) is 0 Å². The average Bonchev–Trinajstić information content (AvgIpc) is 2.29. The molecule has 4 heteroatoms. The lowest BCUT2D eigenvalue weighted by Gasteiger charge is -2.32. The number of hydrogen-bond donors (Lipinski definition) is 1. The highest BCUT2D eigenvalue weighted by Gasteiger charge is 2.18. The Morgan fingerprint density at radius 1 is 1.60 bits per heavy atom. The van der Waals surface area contributed by atoms with E-state index < -0.39 is 0 Å². The molecule has 3 nitrogen and oxygen atoms in total. The minimum atomic E-state index is 0.348. The summed E-state index contributed by atoms with van der Waals surface area (Å²) in [6.07, 6.45) is 0.348. The van der Waals surface area contributed by atoms with Gasteiger partial charge in [-0.05, 0) is 19.0 Å². The van der Waals surface area contributed by atoms with Crippen LogP contribution in [0.3, 0.4) is 0 Å². The van der Waals surface area contributed by atoms with Gasteiger partial charge in [-0.1, -0.05) is 13.8 Å². The van der Waals surface area contributed by atoms with E-state index in [-0.39, 0.29) is 0 Å². The maximum absolute atomic E-state index is 5.74. The van der Waals surface area contributed by atoms with Crippen molar-refractivity contribution in [3.8, 4) is 0 Å². The Balaban J connectivity index is 2.10. The minimum absolute atomic E-state index is 0.348. The molecular weight excluding hydrogens is 212 g/mol. The van der Waals surface area contributed by atoms with Gasteiger partial charge in [-0.15, -0.1) is 11.6 Å². The Morgan fingerprint density at radius 2 is 2.40 bits per heavy atom. The van der Waals surface area contributed by atoms with E-state index in [1.54, 1.807) is 0 Å². The second-order valence-electron chi connectivity index (χ2n) is 4.30. The predicted octanol–water partition coefficient (Wildman–Crippen LogP) is 1.17. The first-order valence-corrected chi connectivity index (χ1v) is 6.40. The zero-order valence-corrected chi connectivity index (χ0v) is 10.6. The third kappa shape index (κ3) is 5.16. The molecule has 0 radical (unpaired) electrons. The normalized spacial score (nSPS) is 25.4. The van der Waals surface area contributed by atoms with E-state index in [0.717, 1.165) is 45.2 Å². The summed E-state index contributed by atoms with van der Waals surface area (Å²) >= 11 is 5.74. The van der Waals surface area contributed by atoms with Crippen LogP contribution in [0.1, 0.15) is 13.8 Å². The van der Waals surface area contributed by atoms with Crippen molar-refractivity contribution in [3.05, 3.63) is 0 Å². The van der Waals surface area contributed by atoms with E-state index in [2.05, 4.69) is 24.1 Å². The molecule has 2 atom stereocenters. The van der Waals surface area contributed by atoms with Gasteiger partial charge in [0.05, 0.1) is 12.7 Å². The molecule has 0 saturated carbocycles. The lowest BCUT2D eigenvalue weighted by molar-refractivity contribution is -0.0253. The third-order valence-corrected chi connectivity index (χ3v) is 3.33. The van der Waals surface area contributed by atoms with Crippen LogP contribution in [0.5, 0.6) is 0 Å². The van der Waals surface area contributed by atoms with Crippen molar-refractivity contribution in [1.82, 2.24) is 10.2 Å². The summed E-state index contributed by atoms with van der Waals surface area (Å²) < 4.78 is 5.69. The smallest absolute Gasteiger partial charge is 0.0826 e. The van der Waals surface area contributed by atoms with Crippen molar-refractivity contribution in [3.63, 3.8) is 0 Å². The summed E-state index contributed by atoms with van der Waals surface area (Å²) in [7, 11) is 0. The van der Waals surface area contributed by atoms with Crippen LogP contribution in [-0.2, 0) is 4.74 Å². The predicted molar refractivity (Wildman–Crippen MR) is 64.6 cm³/mol. The quantitative estimate of drug-likeness (QED) is 0.699. The number of rotatable bonds is 6. The van der Waals surface area contributed by atoms with Gasteiger partial charge in [-0.3, -0.25) is 4.90 Å². The Bertz CT molecular complexity index is 169. The topological polar surface area (TPSA) is 24.5 Å². The van der Waals surface area contributed by atoms with E-state index in [1.165, 1.54) is 0 Å². The molecular formula is C11H23ClN2O. The standard InChI is InChI=1S/C11H23ClN2O/c1-3-14-4-5-15-11(9-14)8-13-7-10(2)6-12/h10-11,13H,3-9H2,1-2H3. The van der Waals surface area contributed by atoms with Crippen LogP contribution in [-0.4, -0.2) is 56.2 Å². The Kier molecular flexibility index (Phi) is 6.57. The molecule has 1 fully saturated rings. The zero-order chi connectivity index (χ0) is 11.1. The van der Waals surface area contributed by atoms with Crippen LogP contribution in [0.4, 0.5) is 0 Å². The van der Waals surface area contributed by atoms with Crippen LogP contribution >= 0.6 is 11.6 Å². The van der Waals surface area contributed by atoms with Crippen molar-refractivity contribution in [2.24, 2.45) is 5.92 Å². The molecule has 0 aliphatic carbocycles. The van der Waals surface area contributed by atoms with E-state index in [0.29, 0.717) is 12.0 Å².